The summed E-state index contributed by atoms with van der Waals surface area (Å²) in [5.74, 6) is -1.12. The Balaban J connectivity index is 1.63. The first-order chi connectivity index (χ1) is 17.2. The summed E-state index contributed by atoms with van der Waals surface area (Å²) in [5, 5.41) is 10.4. The lowest BCUT2D eigenvalue weighted by atomic mass is 10.0. The molecule has 1 N–H and O–H groups in total. The van der Waals surface area contributed by atoms with Crippen LogP contribution >= 0.6 is 11.3 Å². The van der Waals surface area contributed by atoms with Gasteiger partial charge in [0.1, 0.15) is 18.3 Å². The van der Waals surface area contributed by atoms with E-state index in [0.29, 0.717) is 9.71 Å². The molecule has 1 unspecified atom stereocenters. The molecule has 1 aromatic carbocycles. The number of aromatic nitrogens is 2. The molecule has 0 spiro atoms. The van der Waals surface area contributed by atoms with Gasteiger partial charge >= 0.3 is 0 Å². The Morgan fingerprint density at radius 3 is 3.04 bits per heavy atom. The maximum atomic E-state index is 9.28. The van der Waals surface area contributed by atoms with E-state index < -0.39 is 18.4 Å². The van der Waals surface area contributed by atoms with Crippen LogP contribution in [-0.4, -0.2) is 34.0 Å². The maximum absolute atomic E-state index is 9.28. The predicted molar refractivity (Wildman–Crippen MR) is 115 cm³/mol. The van der Waals surface area contributed by atoms with Crippen LogP contribution in [0.5, 0.6) is 0 Å². The summed E-state index contributed by atoms with van der Waals surface area (Å²) in [6.45, 7) is 2.50. The fraction of sp³-hybridized carbons (Fsp3) is 0.409. The number of likely N-dealkylation sites (tertiary alicyclic amines) is 1. The van der Waals surface area contributed by atoms with E-state index in [0.717, 1.165) is 22.7 Å². The topological polar surface area (TPSA) is 64.8 Å². The van der Waals surface area contributed by atoms with Gasteiger partial charge in [0.05, 0.1) is 23.9 Å². The van der Waals surface area contributed by atoms with Gasteiger partial charge < -0.3 is 5.31 Å². The molecule has 6 heteroatoms. The number of anilines is 1. The van der Waals surface area contributed by atoms with Gasteiger partial charge in [-0.25, -0.2) is 9.97 Å². The SMILES string of the molecule is [2H]c1nc(N([2H])C2([2H])CCN(C([2H])c3c([2H])cc([2H])c(C#N)c3[2H])CC2)c2c([2H])c(C([2H])(C)C)sc2n1. The van der Waals surface area contributed by atoms with E-state index in [1.807, 2.05) is 0 Å². The molecule has 1 aliphatic rings. The summed E-state index contributed by atoms with van der Waals surface area (Å²) < 4.78 is 75.6. The Morgan fingerprint density at radius 1 is 1.46 bits per heavy atom. The van der Waals surface area contributed by atoms with E-state index >= 15 is 0 Å². The molecule has 3 heterocycles. The number of nitriles is 1. The second-order valence-electron chi connectivity index (χ2n) is 6.69. The van der Waals surface area contributed by atoms with Crippen molar-refractivity contribution in [1.82, 2.24) is 14.9 Å². The van der Waals surface area contributed by atoms with Crippen molar-refractivity contribution in [3.05, 3.63) is 52.5 Å². The van der Waals surface area contributed by atoms with Gasteiger partial charge in [-0.05, 0) is 42.4 Å². The lowest BCUT2D eigenvalue weighted by Crippen LogP contribution is -2.38. The first-order valence-electron chi connectivity index (χ1n) is 13.5. The number of hydrogen-bond acceptors (Lipinski definition) is 6. The molecule has 4 rings (SSSR count). The van der Waals surface area contributed by atoms with E-state index in [1.54, 1.807) is 24.8 Å². The van der Waals surface area contributed by atoms with Crippen molar-refractivity contribution in [2.24, 2.45) is 0 Å². The molecule has 1 saturated heterocycles. The molecule has 5 nitrogen and oxygen atoms in total. The van der Waals surface area contributed by atoms with Crippen LogP contribution in [0.1, 0.15) is 59.6 Å². The number of thiophene rings is 1. The number of piperidine rings is 1. The van der Waals surface area contributed by atoms with E-state index in [-0.39, 0.29) is 78.7 Å². The summed E-state index contributed by atoms with van der Waals surface area (Å²) >= 11 is 1.11. The van der Waals surface area contributed by atoms with Crippen molar-refractivity contribution in [2.75, 3.05) is 18.4 Å². The van der Waals surface area contributed by atoms with Crippen molar-refractivity contribution >= 4 is 27.4 Å². The highest BCUT2D eigenvalue weighted by Gasteiger charge is 2.21. The molecule has 0 bridgehead atoms. The maximum Gasteiger partial charge on any atom is 0.162 e. The molecule has 1 atom stereocenters. The van der Waals surface area contributed by atoms with Crippen molar-refractivity contribution in [1.29, 1.82) is 5.26 Å². The summed E-state index contributed by atoms with van der Waals surface area (Å²) in [5.41, 5.74) is -0.171. The third kappa shape index (κ3) is 4.16. The predicted octanol–water partition coefficient (Wildman–Crippen LogP) is 4.76. The molecule has 144 valence electrons. The molecular weight excluding hydrogens is 366 g/mol. The molecule has 0 aliphatic carbocycles. The second kappa shape index (κ2) is 8.26. The lowest BCUT2D eigenvalue weighted by Gasteiger charge is -2.32. The van der Waals surface area contributed by atoms with Gasteiger partial charge in [-0.2, -0.15) is 5.26 Å². The van der Waals surface area contributed by atoms with Gasteiger partial charge in [-0.15, -0.1) is 11.3 Å². The van der Waals surface area contributed by atoms with Gasteiger partial charge in [0.2, 0.25) is 0 Å². The van der Waals surface area contributed by atoms with Crippen molar-refractivity contribution in [3.63, 3.8) is 0 Å². The molecule has 1 fully saturated rings. The highest BCUT2D eigenvalue weighted by molar-refractivity contribution is 7.18. The van der Waals surface area contributed by atoms with Crippen LogP contribution < -0.4 is 5.31 Å². The van der Waals surface area contributed by atoms with E-state index in [1.165, 1.54) is 0 Å². The molecule has 0 radical (unpaired) electrons. The van der Waals surface area contributed by atoms with Crippen LogP contribution in [0.3, 0.4) is 0 Å². The molecule has 0 amide bonds. The fourth-order valence-electron chi connectivity index (χ4n) is 2.93. The molecule has 3 aromatic rings. The Bertz CT molecular complexity index is 1410. The number of hydrogen-bond donors (Lipinski definition) is 1. The van der Waals surface area contributed by atoms with Gasteiger partial charge in [0.15, 0.2) is 1.41 Å². The Kier molecular flexibility index (Phi) is 3.21. The fourth-order valence-corrected chi connectivity index (χ4v) is 3.81. The average Bonchev–Trinajstić information content (AvgIpc) is 3.15. The van der Waals surface area contributed by atoms with Crippen LogP contribution in [0.15, 0.2) is 36.5 Å². The van der Waals surface area contributed by atoms with Gasteiger partial charge in [-0.3, -0.25) is 4.90 Å². The van der Waals surface area contributed by atoms with Gasteiger partial charge in [-0.1, -0.05) is 26.0 Å². The Labute approximate surface area is 182 Å². The minimum Gasteiger partial charge on any atom is -0.367 e. The molecule has 1 aliphatic heterocycles. The van der Waals surface area contributed by atoms with Crippen molar-refractivity contribution in [2.45, 2.75) is 45.1 Å². The summed E-state index contributed by atoms with van der Waals surface area (Å²) in [7, 11) is 0. The summed E-state index contributed by atoms with van der Waals surface area (Å²) in [6.07, 6.45) is -0.151. The number of benzene rings is 1. The smallest absolute Gasteiger partial charge is 0.162 e. The summed E-state index contributed by atoms with van der Waals surface area (Å²) in [6, 6.07) is 0.752. The third-order valence-corrected chi connectivity index (χ3v) is 5.61. The van der Waals surface area contributed by atoms with Crippen LogP contribution in [0.4, 0.5) is 5.82 Å². The normalized spacial score (nSPS) is 23.0. The third-order valence-electron chi connectivity index (χ3n) is 4.40. The number of nitrogens with zero attached hydrogens (tertiary/aromatic N) is 4. The number of fused-ring (bicyclic) bond motifs is 1. The molecule has 28 heavy (non-hydrogen) atoms. The first kappa shape index (κ1) is 10.9. The zero-order chi connectivity index (χ0) is 27.4. The standard InChI is InChI=1S/C22H25N5S/c1-15(2)20-11-19-21(24-14-25-22(19)28-20)26-18-6-8-27(9-7-18)13-17-5-3-4-16(10-17)12-23/h3-5,10-11,14-15,18H,6-9,13H2,1-2H3,(H,24,25,26)/i4D,5D,10D,11D,13D,14D,15D,18D/hD. The second-order valence-corrected chi connectivity index (χ2v) is 7.68. The zero-order valence-electron chi connectivity index (χ0n) is 24.6. The highest BCUT2D eigenvalue weighted by Crippen LogP contribution is 2.33. The summed E-state index contributed by atoms with van der Waals surface area (Å²) in [4.78, 5) is 10.6. The first-order valence-corrected chi connectivity index (χ1v) is 9.75. The largest absolute Gasteiger partial charge is 0.367 e. The average molecular weight is 401 g/mol. The number of nitrogens with one attached hydrogen (secondary N) is 1. The monoisotopic (exact) mass is 400 g/mol. The van der Waals surface area contributed by atoms with Crippen LogP contribution in [-0.2, 0) is 6.52 Å². The Hall–Kier alpha value is -2.49. The number of rotatable bonds is 5. The van der Waals surface area contributed by atoms with Gasteiger partial charge in [0.25, 0.3) is 0 Å². The van der Waals surface area contributed by atoms with Crippen LogP contribution in [0.2, 0.25) is 1.41 Å². The quantitative estimate of drug-likeness (QED) is 0.669. The van der Waals surface area contributed by atoms with Crippen molar-refractivity contribution < 1.29 is 12.4 Å². The minimum atomic E-state index is -1.49. The zero-order valence-corrected chi connectivity index (χ0v) is 16.4. The van der Waals surface area contributed by atoms with Crippen molar-refractivity contribution in [3.8, 4) is 6.07 Å². The lowest BCUT2D eigenvalue weighted by molar-refractivity contribution is 0.211. The molecule has 0 saturated carbocycles. The Morgan fingerprint density at radius 2 is 2.29 bits per heavy atom. The highest BCUT2D eigenvalue weighted by atomic mass is 32.1. The molecular formula is C22H25N5S. The minimum absolute atomic E-state index is 0.0107. The van der Waals surface area contributed by atoms with E-state index in [9.17, 15) is 5.26 Å². The van der Waals surface area contributed by atoms with Crippen LogP contribution in [0.25, 0.3) is 10.2 Å². The van der Waals surface area contributed by atoms with E-state index in [4.69, 9.17) is 12.4 Å². The molecule has 2 aromatic heterocycles. The van der Waals surface area contributed by atoms with E-state index in [2.05, 4.69) is 9.97 Å². The van der Waals surface area contributed by atoms with Gasteiger partial charge in [0, 0.05) is 33.2 Å². The van der Waals surface area contributed by atoms with Crippen LogP contribution in [0, 0.1) is 11.3 Å².